The fourth-order valence-electron chi connectivity index (χ4n) is 1.68. The highest BCUT2D eigenvalue weighted by atomic mass is 32.1. The van der Waals surface area contributed by atoms with Crippen molar-refractivity contribution in [3.8, 4) is 0 Å². The molecule has 2 rings (SSSR count). The van der Waals surface area contributed by atoms with E-state index in [0.29, 0.717) is 11.9 Å². The molecule has 0 spiro atoms. The molecule has 2 aromatic heterocycles. The highest BCUT2D eigenvalue weighted by Gasteiger charge is 2.16. The third-order valence-electron chi connectivity index (χ3n) is 2.50. The molecule has 0 aliphatic rings. The summed E-state index contributed by atoms with van der Waals surface area (Å²) in [6.45, 7) is 7.83. The van der Waals surface area contributed by atoms with Crippen molar-refractivity contribution in [1.82, 2.24) is 15.2 Å². The number of hydrogen-bond acceptors (Lipinski definition) is 7. The number of hydrogen-bond donors (Lipinski definition) is 2. The molecular weight excluding hydrogens is 250 g/mol. The van der Waals surface area contributed by atoms with E-state index in [1.165, 1.54) is 4.88 Å². The van der Waals surface area contributed by atoms with E-state index in [4.69, 9.17) is 10.2 Å². The normalized spacial score (nSPS) is 14.5. The van der Waals surface area contributed by atoms with Crippen LogP contribution in [0.5, 0.6) is 0 Å². The third kappa shape index (κ3) is 2.68. The van der Waals surface area contributed by atoms with Gasteiger partial charge < -0.3 is 15.5 Å². The smallest absolute Gasteiger partial charge is 0.316 e. The molecule has 0 radical (unpaired) electrons. The Morgan fingerprint density at radius 1 is 1.28 bits per heavy atom. The van der Waals surface area contributed by atoms with Crippen LogP contribution in [0.1, 0.15) is 47.4 Å². The fourth-order valence-corrected chi connectivity index (χ4v) is 2.61. The van der Waals surface area contributed by atoms with Gasteiger partial charge in [0.1, 0.15) is 0 Å². The lowest BCUT2D eigenvalue weighted by Crippen LogP contribution is -2.06. The Hall–Kier alpha value is -1.47. The second-order valence-corrected chi connectivity index (χ2v) is 5.52. The van der Waals surface area contributed by atoms with Gasteiger partial charge in [0.15, 0.2) is 0 Å². The van der Waals surface area contributed by atoms with Gasteiger partial charge in [-0.05, 0) is 27.7 Å². The van der Waals surface area contributed by atoms with Crippen molar-refractivity contribution in [2.75, 3.05) is 5.32 Å². The Labute approximate surface area is 110 Å². The van der Waals surface area contributed by atoms with Crippen LogP contribution in [0.3, 0.4) is 0 Å². The summed E-state index contributed by atoms with van der Waals surface area (Å²) in [5.41, 5.74) is 6.70. The van der Waals surface area contributed by atoms with Gasteiger partial charge in [-0.2, -0.15) is 0 Å². The molecule has 7 heteroatoms. The fraction of sp³-hybridized carbons (Fsp3) is 0.545. The van der Waals surface area contributed by atoms with E-state index in [0.717, 1.165) is 10.7 Å². The Balaban J connectivity index is 2.11. The van der Waals surface area contributed by atoms with Gasteiger partial charge in [-0.1, -0.05) is 5.10 Å². The predicted molar refractivity (Wildman–Crippen MR) is 70.5 cm³/mol. The highest BCUT2D eigenvalue weighted by Crippen LogP contribution is 2.27. The Morgan fingerprint density at radius 2 is 2.00 bits per heavy atom. The van der Waals surface area contributed by atoms with E-state index in [2.05, 4.69) is 20.5 Å². The summed E-state index contributed by atoms with van der Waals surface area (Å²) >= 11 is 1.67. The van der Waals surface area contributed by atoms with Gasteiger partial charge >= 0.3 is 6.01 Å². The minimum absolute atomic E-state index is 0.0811. The van der Waals surface area contributed by atoms with Crippen LogP contribution in [0.15, 0.2) is 4.42 Å². The predicted octanol–water partition coefficient (Wildman–Crippen LogP) is 2.34. The van der Waals surface area contributed by atoms with Gasteiger partial charge in [-0.15, -0.1) is 16.4 Å². The third-order valence-corrected chi connectivity index (χ3v) is 3.76. The van der Waals surface area contributed by atoms with Crippen molar-refractivity contribution in [3.05, 3.63) is 21.5 Å². The van der Waals surface area contributed by atoms with Gasteiger partial charge in [0.25, 0.3) is 0 Å². The molecule has 0 aliphatic heterocycles. The van der Waals surface area contributed by atoms with Crippen molar-refractivity contribution in [1.29, 1.82) is 0 Å². The summed E-state index contributed by atoms with van der Waals surface area (Å²) in [6.07, 6.45) is 0. The zero-order valence-electron chi connectivity index (χ0n) is 10.9. The summed E-state index contributed by atoms with van der Waals surface area (Å²) in [4.78, 5) is 5.57. The van der Waals surface area contributed by atoms with Gasteiger partial charge in [0.05, 0.1) is 22.8 Å². The monoisotopic (exact) mass is 267 g/mol. The van der Waals surface area contributed by atoms with Crippen LogP contribution < -0.4 is 11.1 Å². The van der Waals surface area contributed by atoms with Crippen LogP contribution in [-0.4, -0.2) is 15.2 Å². The van der Waals surface area contributed by atoms with E-state index in [-0.39, 0.29) is 12.1 Å². The molecule has 0 bridgehead atoms. The van der Waals surface area contributed by atoms with Gasteiger partial charge in [-0.3, -0.25) is 0 Å². The molecule has 0 amide bonds. The van der Waals surface area contributed by atoms with Gasteiger partial charge in [-0.25, -0.2) is 4.98 Å². The average molecular weight is 267 g/mol. The standard InChI is InChI=1S/C11H17N5OS/c1-5(12)10-15-16-11(17-10)14-7(3)9-6(2)13-8(4)18-9/h5,7H,12H2,1-4H3,(H,14,16). The largest absolute Gasteiger partial charge is 0.406 e. The average Bonchev–Trinajstić information content (AvgIpc) is 2.85. The number of rotatable bonds is 4. The molecule has 2 atom stereocenters. The Morgan fingerprint density at radius 3 is 2.50 bits per heavy atom. The number of aromatic nitrogens is 3. The number of nitrogens with zero attached hydrogens (tertiary/aromatic N) is 3. The van der Waals surface area contributed by atoms with Crippen LogP contribution in [0, 0.1) is 13.8 Å². The van der Waals surface area contributed by atoms with Crippen molar-refractivity contribution in [2.45, 2.75) is 39.8 Å². The van der Waals surface area contributed by atoms with E-state index in [9.17, 15) is 0 Å². The van der Waals surface area contributed by atoms with Crippen LogP contribution in [0.2, 0.25) is 0 Å². The lowest BCUT2D eigenvalue weighted by molar-refractivity contribution is 0.470. The first-order valence-electron chi connectivity index (χ1n) is 5.76. The van der Waals surface area contributed by atoms with Crippen molar-refractivity contribution < 1.29 is 4.42 Å². The van der Waals surface area contributed by atoms with Crippen molar-refractivity contribution >= 4 is 17.4 Å². The molecule has 0 saturated heterocycles. The van der Waals surface area contributed by atoms with E-state index >= 15 is 0 Å². The molecule has 0 fully saturated rings. The van der Waals surface area contributed by atoms with Crippen molar-refractivity contribution in [3.63, 3.8) is 0 Å². The van der Waals surface area contributed by atoms with Gasteiger partial charge in [0.2, 0.25) is 5.89 Å². The Kier molecular flexibility index (Phi) is 3.63. The molecule has 0 aliphatic carbocycles. The zero-order valence-corrected chi connectivity index (χ0v) is 11.7. The van der Waals surface area contributed by atoms with E-state index < -0.39 is 0 Å². The minimum atomic E-state index is -0.254. The van der Waals surface area contributed by atoms with Gasteiger partial charge in [0, 0.05) is 4.88 Å². The van der Waals surface area contributed by atoms with Crippen LogP contribution in [-0.2, 0) is 0 Å². The number of thiazole rings is 1. The molecule has 6 nitrogen and oxygen atoms in total. The number of nitrogens with one attached hydrogen (secondary N) is 1. The van der Waals surface area contributed by atoms with Crippen LogP contribution >= 0.6 is 11.3 Å². The number of anilines is 1. The first-order valence-corrected chi connectivity index (χ1v) is 6.58. The molecule has 2 unspecified atom stereocenters. The summed E-state index contributed by atoms with van der Waals surface area (Å²) in [5, 5.41) is 12.0. The summed E-state index contributed by atoms with van der Waals surface area (Å²) in [7, 11) is 0. The maximum atomic E-state index is 5.66. The number of aryl methyl sites for hydroxylation is 2. The first kappa shape index (κ1) is 13.0. The maximum absolute atomic E-state index is 5.66. The van der Waals surface area contributed by atoms with E-state index in [1.807, 2.05) is 20.8 Å². The van der Waals surface area contributed by atoms with Crippen molar-refractivity contribution in [2.24, 2.45) is 5.73 Å². The summed E-state index contributed by atoms with van der Waals surface area (Å²) in [6, 6.07) is 0.216. The summed E-state index contributed by atoms with van der Waals surface area (Å²) in [5.74, 6) is 0.432. The Bertz CT molecular complexity index is 533. The molecule has 98 valence electrons. The molecule has 0 saturated carbocycles. The highest BCUT2D eigenvalue weighted by molar-refractivity contribution is 7.11. The molecular formula is C11H17N5OS. The lowest BCUT2D eigenvalue weighted by Gasteiger charge is -2.10. The molecule has 0 aromatic carbocycles. The first-order chi connectivity index (χ1) is 8.47. The second-order valence-electron chi connectivity index (χ2n) is 4.28. The maximum Gasteiger partial charge on any atom is 0.316 e. The second kappa shape index (κ2) is 5.03. The zero-order chi connectivity index (χ0) is 13.3. The quantitative estimate of drug-likeness (QED) is 0.883. The lowest BCUT2D eigenvalue weighted by atomic mass is 10.2. The van der Waals surface area contributed by atoms with Crippen LogP contribution in [0.25, 0.3) is 0 Å². The van der Waals surface area contributed by atoms with Crippen LogP contribution in [0.4, 0.5) is 6.01 Å². The van der Waals surface area contributed by atoms with E-state index in [1.54, 1.807) is 18.3 Å². The molecule has 2 heterocycles. The number of nitrogens with two attached hydrogens (primary N) is 1. The summed E-state index contributed by atoms with van der Waals surface area (Å²) < 4.78 is 5.41. The SMILES string of the molecule is Cc1nc(C)c(C(C)Nc2nnc(C(C)N)o2)s1. The molecule has 2 aromatic rings. The topological polar surface area (TPSA) is 89.9 Å². The molecule has 18 heavy (non-hydrogen) atoms. The minimum Gasteiger partial charge on any atom is -0.406 e. The molecule has 3 N–H and O–H groups in total.